The Morgan fingerprint density at radius 2 is 0.628 bits per heavy atom. The van der Waals surface area contributed by atoms with Gasteiger partial charge in [0.1, 0.15) is 19.8 Å². The molecule has 10 heteroatoms. The lowest BCUT2D eigenvalue weighted by molar-refractivity contribution is -0.870. The highest BCUT2D eigenvalue weighted by Gasteiger charge is 2.27. The number of ether oxygens (including phenoxy) is 2. The molecular weight excluding hydrogens is 1090 g/mol. The van der Waals surface area contributed by atoms with Crippen LogP contribution in [-0.4, -0.2) is 74.9 Å². The third kappa shape index (κ3) is 69.3. The molecule has 0 saturated carbocycles. The van der Waals surface area contributed by atoms with Crippen LogP contribution in [0.25, 0.3) is 0 Å². The van der Waals surface area contributed by atoms with Crippen LogP contribution in [0.5, 0.6) is 0 Å². The highest BCUT2D eigenvalue weighted by Crippen LogP contribution is 2.43. The Hall–Kier alpha value is -3.85. The monoisotopic (exact) mass is 1220 g/mol. The van der Waals surface area contributed by atoms with Crippen molar-refractivity contribution in [2.45, 2.75) is 290 Å². The summed E-state index contributed by atoms with van der Waals surface area (Å²) in [6.45, 7) is 4.22. The van der Waals surface area contributed by atoms with E-state index in [1.165, 1.54) is 135 Å². The van der Waals surface area contributed by atoms with Crippen molar-refractivity contribution >= 4 is 19.8 Å². The van der Waals surface area contributed by atoms with Crippen LogP contribution in [-0.2, 0) is 32.7 Å². The SMILES string of the molecule is CC/C=C\C/C=C\C/C=C\C/C=C\C/C=C\C/C=C\C/C=C\CCCCCCCCCCCCCC(=O)OC(COC(=O)CCCCCCCCCCCCCCCCCC/C=C\C/C=C\C/C=C\C/C=C\CC)COP(=O)(O)OCC[N+](C)(C)C. The Bertz CT molecular complexity index is 1910. The number of hydrogen-bond donors (Lipinski definition) is 1. The molecule has 0 bridgehead atoms. The molecule has 0 saturated heterocycles. The third-order valence-corrected chi connectivity index (χ3v) is 15.7. The summed E-state index contributed by atoms with van der Waals surface area (Å²) in [7, 11) is 1.47. The fraction of sp³-hybridized carbons (Fsp3) is 0.684. The standard InChI is InChI=1S/C76H130NO8P/c1-6-8-10-12-14-16-18-20-22-24-26-28-30-32-34-36-37-38-39-41-43-45-47-49-51-53-55-57-59-61-63-65-67-69-76(79)85-74(73-84-86(80,81)83-71-70-77(3,4)5)72-82-75(78)68-66-64-62-60-58-56-54-52-50-48-46-44-42-40-35-33-31-29-27-25-23-21-19-17-15-13-11-9-7-2/h8-11,14-17,20-23,26-29,32,34,37-38,41,43,74H,6-7,12-13,18-19,24-25,30-31,33,35-36,39-40,42,44-73H2,1-5H3/p+1/b10-8-,11-9-,16-14-,17-15-,22-20-,23-21-,28-26-,29-27-,34-32-,38-37-,43-41-. The van der Waals surface area contributed by atoms with Crippen LogP contribution in [0.2, 0.25) is 0 Å². The number of likely N-dealkylation sites (N-methyl/N-ethyl adjacent to an activating group) is 1. The number of carbonyl (C=O) groups is 2. The molecule has 0 aliphatic carbocycles. The molecule has 0 aromatic heterocycles. The summed E-state index contributed by atoms with van der Waals surface area (Å²) in [6.07, 6.45) is 95.5. The maximum atomic E-state index is 12.9. The number of quaternary nitrogens is 1. The number of phosphoric ester groups is 1. The molecule has 0 aliphatic heterocycles. The smallest absolute Gasteiger partial charge is 0.462 e. The lowest BCUT2D eigenvalue weighted by atomic mass is 10.0. The first kappa shape index (κ1) is 82.1. The molecule has 0 radical (unpaired) electrons. The van der Waals surface area contributed by atoms with Crippen molar-refractivity contribution in [3.63, 3.8) is 0 Å². The topological polar surface area (TPSA) is 108 Å². The average Bonchev–Trinajstić information content (AvgIpc) is 3.70. The summed E-state index contributed by atoms with van der Waals surface area (Å²) in [4.78, 5) is 35.9. The zero-order valence-corrected chi connectivity index (χ0v) is 56.9. The molecule has 0 aromatic rings. The molecule has 9 nitrogen and oxygen atoms in total. The predicted octanol–water partition coefficient (Wildman–Crippen LogP) is 22.8. The van der Waals surface area contributed by atoms with E-state index < -0.39 is 26.5 Å². The van der Waals surface area contributed by atoms with Gasteiger partial charge in [-0.05, 0) is 109 Å². The Balaban J connectivity index is 4.08. The Morgan fingerprint density at radius 3 is 0.930 bits per heavy atom. The fourth-order valence-corrected chi connectivity index (χ4v) is 10.1. The van der Waals surface area contributed by atoms with Crippen LogP contribution in [0.3, 0.4) is 0 Å². The van der Waals surface area contributed by atoms with Gasteiger partial charge < -0.3 is 18.9 Å². The van der Waals surface area contributed by atoms with Crippen LogP contribution in [0.4, 0.5) is 0 Å². The molecule has 0 spiro atoms. The van der Waals surface area contributed by atoms with Gasteiger partial charge in [-0.15, -0.1) is 0 Å². The molecule has 2 unspecified atom stereocenters. The minimum Gasteiger partial charge on any atom is -0.462 e. The van der Waals surface area contributed by atoms with Crippen LogP contribution in [0, 0.1) is 0 Å². The van der Waals surface area contributed by atoms with E-state index in [4.69, 9.17) is 18.5 Å². The second-order valence-electron chi connectivity index (χ2n) is 24.2. The number of nitrogens with zero attached hydrogens (tertiary/aromatic N) is 1. The van der Waals surface area contributed by atoms with Gasteiger partial charge in [0.2, 0.25) is 0 Å². The zero-order chi connectivity index (χ0) is 62.6. The first-order chi connectivity index (χ1) is 42.0. The summed E-state index contributed by atoms with van der Waals surface area (Å²) in [5.74, 6) is -0.800. The molecule has 2 atom stereocenters. The van der Waals surface area contributed by atoms with Crippen molar-refractivity contribution in [2.24, 2.45) is 0 Å². The number of unbranched alkanes of at least 4 members (excludes halogenated alkanes) is 27. The minimum atomic E-state index is -4.40. The lowest BCUT2D eigenvalue weighted by Gasteiger charge is -2.24. The van der Waals surface area contributed by atoms with Gasteiger partial charge in [-0.25, -0.2) is 4.57 Å². The molecule has 492 valence electrons. The number of rotatable bonds is 63. The maximum absolute atomic E-state index is 12.9. The second-order valence-corrected chi connectivity index (χ2v) is 25.6. The summed E-state index contributed by atoms with van der Waals surface area (Å²) in [6, 6.07) is 0. The van der Waals surface area contributed by atoms with Crippen molar-refractivity contribution in [1.82, 2.24) is 0 Å². The van der Waals surface area contributed by atoms with Crippen LogP contribution in [0.1, 0.15) is 284 Å². The summed E-state index contributed by atoms with van der Waals surface area (Å²) in [5.41, 5.74) is 0. The van der Waals surface area contributed by atoms with Gasteiger partial charge in [-0.3, -0.25) is 18.6 Å². The predicted molar refractivity (Wildman–Crippen MR) is 371 cm³/mol. The molecule has 1 N–H and O–H groups in total. The van der Waals surface area contributed by atoms with Gasteiger partial charge >= 0.3 is 19.8 Å². The van der Waals surface area contributed by atoms with E-state index in [2.05, 4.69) is 148 Å². The Labute approximate surface area is 530 Å². The van der Waals surface area contributed by atoms with Crippen LogP contribution < -0.4 is 0 Å². The van der Waals surface area contributed by atoms with Crippen LogP contribution >= 0.6 is 7.82 Å². The number of phosphoric acid groups is 1. The highest BCUT2D eigenvalue weighted by molar-refractivity contribution is 7.47. The number of allylic oxidation sites excluding steroid dienone is 22. The summed E-state index contributed by atoms with van der Waals surface area (Å²) >= 11 is 0. The van der Waals surface area contributed by atoms with Gasteiger partial charge in [-0.1, -0.05) is 295 Å². The normalized spacial score (nSPS) is 14.0. The fourth-order valence-electron chi connectivity index (χ4n) is 9.40. The van der Waals surface area contributed by atoms with Crippen LogP contribution in [0.15, 0.2) is 134 Å². The third-order valence-electron chi connectivity index (χ3n) is 14.7. The molecule has 0 fully saturated rings. The van der Waals surface area contributed by atoms with E-state index in [1.54, 1.807) is 0 Å². The summed E-state index contributed by atoms with van der Waals surface area (Å²) < 4.78 is 34.7. The minimum absolute atomic E-state index is 0.0261. The van der Waals surface area contributed by atoms with E-state index in [0.717, 1.165) is 116 Å². The molecular formula is C76H131NO8P+. The van der Waals surface area contributed by atoms with Crippen molar-refractivity contribution in [2.75, 3.05) is 47.5 Å². The molecule has 0 heterocycles. The van der Waals surface area contributed by atoms with Gasteiger partial charge in [0.15, 0.2) is 6.10 Å². The van der Waals surface area contributed by atoms with E-state index in [0.29, 0.717) is 17.4 Å². The zero-order valence-electron chi connectivity index (χ0n) is 56.0. The molecule has 0 amide bonds. The number of carbonyl (C=O) groups excluding carboxylic acids is 2. The van der Waals surface area contributed by atoms with Crippen molar-refractivity contribution in [3.8, 4) is 0 Å². The summed E-state index contributed by atoms with van der Waals surface area (Å²) in [5, 5.41) is 0. The van der Waals surface area contributed by atoms with Crippen molar-refractivity contribution in [3.05, 3.63) is 134 Å². The molecule has 0 aliphatic rings. The van der Waals surface area contributed by atoms with Gasteiger partial charge in [0.05, 0.1) is 27.7 Å². The first-order valence-electron chi connectivity index (χ1n) is 34.9. The largest absolute Gasteiger partial charge is 0.472 e. The highest BCUT2D eigenvalue weighted by atomic mass is 31.2. The van der Waals surface area contributed by atoms with Gasteiger partial charge in [0.25, 0.3) is 0 Å². The van der Waals surface area contributed by atoms with E-state index >= 15 is 0 Å². The van der Waals surface area contributed by atoms with E-state index in [1.807, 2.05) is 21.1 Å². The van der Waals surface area contributed by atoms with Gasteiger partial charge in [-0.2, -0.15) is 0 Å². The molecule has 86 heavy (non-hydrogen) atoms. The molecule has 0 rings (SSSR count). The van der Waals surface area contributed by atoms with Crippen molar-refractivity contribution in [1.29, 1.82) is 0 Å². The second kappa shape index (κ2) is 65.6. The molecule has 0 aromatic carbocycles. The number of hydrogen-bond acceptors (Lipinski definition) is 7. The van der Waals surface area contributed by atoms with E-state index in [9.17, 15) is 19.0 Å². The maximum Gasteiger partial charge on any atom is 0.472 e. The lowest BCUT2D eigenvalue weighted by Crippen LogP contribution is -2.37. The quantitative estimate of drug-likeness (QED) is 0.0211. The van der Waals surface area contributed by atoms with E-state index in [-0.39, 0.29) is 32.0 Å². The van der Waals surface area contributed by atoms with Crippen molar-refractivity contribution < 1.29 is 42.1 Å². The Morgan fingerprint density at radius 1 is 0.360 bits per heavy atom. The van der Waals surface area contributed by atoms with Gasteiger partial charge in [0, 0.05) is 12.8 Å². The number of esters is 2. The first-order valence-corrected chi connectivity index (χ1v) is 36.4. The Kier molecular flexibility index (Phi) is 62.7. The average molecular weight is 1220 g/mol.